The Hall–Kier alpha value is -2.36. The lowest BCUT2D eigenvalue weighted by molar-refractivity contribution is 0.273. The van der Waals surface area contributed by atoms with E-state index in [1.54, 1.807) is 23.6 Å². The van der Waals surface area contributed by atoms with Crippen molar-refractivity contribution in [3.63, 3.8) is 0 Å². The Balaban J connectivity index is 0.000000421. The number of pyridine rings is 1. The first-order valence-electron chi connectivity index (χ1n) is 11.2. The van der Waals surface area contributed by atoms with Gasteiger partial charge in [0.25, 0.3) is 0 Å². The average molecular weight is 532 g/mol. The van der Waals surface area contributed by atoms with Gasteiger partial charge in [-0.05, 0) is 54.1 Å². The molecule has 0 radical (unpaired) electrons. The zero-order chi connectivity index (χ0) is 25.1. The van der Waals surface area contributed by atoms with E-state index in [9.17, 15) is 13.7 Å². The van der Waals surface area contributed by atoms with Crippen molar-refractivity contribution in [2.45, 2.75) is 37.4 Å². The van der Waals surface area contributed by atoms with E-state index in [-0.39, 0.29) is 18.2 Å². The van der Waals surface area contributed by atoms with Crippen molar-refractivity contribution in [2.24, 2.45) is 5.14 Å². The molecule has 0 saturated heterocycles. The second-order valence-electron chi connectivity index (χ2n) is 8.63. The third-order valence-electron chi connectivity index (χ3n) is 5.92. The number of aliphatic hydroxyl groups is 1. The number of fused-ring (bicyclic) bond motifs is 1. The number of nitrogens with zero attached hydrogens (tertiary/aromatic N) is 1. The van der Waals surface area contributed by atoms with E-state index in [2.05, 4.69) is 11.1 Å². The number of nitrogens with two attached hydrogens (primary N) is 2. The van der Waals surface area contributed by atoms with Gasteiger partial charge < -0.3 is 10.8 Å². The van der Waals surface area contributed by atoms with Crippen molar-refractivity contribution >= 4 is 49.7 Å². The summed E-state index contributed by atoms with van der Waals surface area (Å²) in [5, 5.41) is 16.2. The summed E-state index contributed by atoms with van der Waals surface area (Å²) in [6.45, 7) is 2.07. The Morgan fingerprint density at radius 2 is 2.03 bits per heavy atom. The van der Waals surface area contributed by atoms with Gasteiger partial charge in [0, 0.05) is 56.1 Å². The molecular weight excluding hydrogens is 505 g/mol. The normalized spacial score (nSPS) is 14.9. The standard InChI is InChI=1S/C23H20ClFN2OS.C3H7NOS/c1-13(12-28)14-7-8-27-21(10-14)17-4-2-3-15-9-16(29-23(15)17)11-18-19(24)5-6-20(26)22(18)25;4-6(5)3-1-2-3/h2-10,13,28H,11-12,26H2,1H3;3H,1-2,4H2. The van der Waals surface area contributed by atoms with Crippen LogP contribution in [0.1, 0.15) is 41.7 Å². The summed E-state index contributed by atoms with van der Waals surface area (Å²) in [6.07, 6.45) is 4.29. The number of hydrogen-bond acceptors (Lipinski definition) is 5. The molecule has 184 valence electrons. The van der Waals surface area contributed by atoms with Gasteiger partial charge in [0.2, 0.25) is 0 Å². The van der Waals surface area contributed by atoms with Crippen molar-refractivity contribution in [1.82, 2.24) is 4.98 Å². The Morgan fingerprint density at radius 1 is 1.26 bits per heavy atom. The molecule has 35 heavy (non-hydrogen) atoms. The molecule has 5 N–H and O–H groups in total. The third kappa shape index (κ3) is 6.08. The Labute approximate surface area is 215 Å². The highest BCUT2D eigenvalue weighted by Gasteiger charge is 2.25. The quantitative estimate of drug-likeness (QED) is 0.274. The van der Waals surface area contributed by atoms with E-state index in [0.717, 1.165) is 44.6 Å². The van der Waals surface area contributed by atoms with E-state index in [4.69, 9.17) is 22.5 Å². The number of rotatable bonds is 6. The molecule has 1 saturated carbocycles. The molecule has 1 aliphatic carbocycles. The van der Waals surface area contributed by atoms with Crippen LogP contribution in [0.4, 0.5) is 10.1 Å². The van der Waals surface area contributed by atoms with Crippen molar-refractivity contribution < 1.29 is 13.7 Å². The van der Waals surface area contributed by atoms with E-state index < -0.39 is 16.8 Å². The molecule has 2 unspecified atom stereocenters. The number of halogens is 2. The second kappa shape index (κ2) is 11.1. The van der Waals surface area contributed by atoms with Crippen LogP contribution in [0.3, 0.4) is 0 Å². The Bertz CT molecular complexity index is 1370. The Kier molecular flexibility index (Phi) is 8.19. The highest BCUT2D eigenvalue weighted by molar-refractivity contribution is 7.83. The SMILES string of the molecule is CC(CO)c1ccnc(-c2cccc3cc(Cc4c(Cl)ccc(N)c4F)sc23)c1.NS(=O)C1CC1. The first-order valence-corrected chi connectivity index (χ1v) is 13.7. The topological polar surface area (TPSA) is 102 Å². The van der Waals surface area contributed by atoms with Crippen LogP contribution in [-0.4, -0.2) is 26.2 Å². The molecule has 2 aromatic heterocycles. The molecule has 1 aliphatic rings. The average Bonchev–Trinajstić information content (AvgIpc) is 3.64. The fraction of sp³-hybridized carbons (Fsp3) is 0.269. The van der Waals surface area contributed by atoms with Crippen LogP contribution < -0.4 is 10.9 Å². The van der Waals surface area contributed by atoms with Crippen molar-refractivity contribution in [3.05, 3.63) is 81.6 Å². The number of aliphatic hydroxyl groups excluding tert-OH is 1. The number of thiophene rings is 1. The largest absolute Gasteiger partial charge is 0.396 e. The molecule has 4 aromatic rings. The van der Waals surface area contributed by atoms with Crippen molar-refractivity contribution in [3.8, 4) is 11.3 Å². The molecule has 1 fully saturated rings. The van der Waals surface area contributed by atoms with Gasteiger partial charge in [-0.25, -0.2) is 8.60 Å². The first-order chi connectivity index (χ1) is 16.8. The monoisotopic (exact) mass is 531 g/mol. The number of hydrogen-bond donors (Lipinski definition) is 3. The van der Waals surface area contributed by atoms with Gasteiger partial charge in [-0.3, -0.25) is 10.1 Å². The molecule has 0 amide bonds. The number of aromatic nitrogens is 1. The summed E-state index contributed by atoms with van der Waals surface area (Å²) in [7, 11) is -1.01. The van der Waals surface area contributed by atoms with Crippen LogP contribution in [0.15, 0.2) is 54.7 Å². The smallest absolute Gasteiger partial charge is 0.151 e. The maximum Gasteiger partial charge on any atom is 0.151 e. The van der Waals surface area contributed by atoms with Gasteiger partial charge in [0.1, 0.15) is 0 Å². The lowest BCUT2D eigenvalue weighted by atomic mass is 10.0. The van der Waals surface area contributed by atoms with Gasteiger partial charge in [-0.1, -0.05) is 36.7 Å². The maximum atomic E-state index is 14.5. The predicted octanol–water partition coefficient (Wildman–Crippen LogP) is 5.80. The third-order valence-corrected chi connectivity index (χ3v) is 8.58. The van der Waals surface area contributed by atoms with Crippen molar-refractivity contribution in [2.75, 3.05) is 12.3 Å². The second-order valence-corrected chi connectivity index (χ2v) is 11.5. The summed E-state index contributed by atoms with van der Waals surface area (Å²) in [6, 6.07) is 15.2. The number of anilines is 1. The lowest BCUT2D eigenvalue weighted by Gasteiger charge is -2.10. The Morgan fingerprint density at radius 3 is 2.69 bits per heavy atom. The van der Waals surface area contributed by atoms with Crippen LogP contribution in [0, 0.1) is 5.82 Å². The molecular formula is C26H27ClFN3O2S2. The summed E-state index contributed by atoms with van der Waals surface area (Å²) in [4.78, 5) is 5.54. The molecule has 9 heteroatoms. The summed E-state index contributed by atoms with van der Waals surface area (Å²) < 4.78 is 25.6. The highest BCUT2D eigenvalue weighted by Crippen LogP contribution is 2.37. The summed E-state index contributed by atoms with van der Waals surface area (Å²) >= 11 is 7.82. The molecule has 2 aromatic carbocycles. The van der Waals surface area contributed by atoms with E-state index in [0.29, 0.717) is 22.3 Å². The lowest BCUT2D eigenvalue weighted by Crippen LogP contribution is -2.06. The molecule has 5 nitrogen and oxygen atoms in total. The van der Waals surface area contributed by atoms with Crippen LogP contribution in [0.5, 0.6) is 0 Å². The van der Waals surface area contributed by atoms with Gasteiger partial charge in [-0.2, -0.15) is 0 Å². The summed E-state index contributed by atoms with van der Waals surface area (Å²) in [5.41, 5.74) is 9.14. The molecule has 0 bridgehead atoms. The maximum absolute atomic E-state index is 14.5. The van der Waals surface area contributed by atoms with Crippen LogP contribution in [0.25, 0.3) is 21.3 Å². The van der Waals surface area contributed by atoms with Crippen LogP contribution in [-0.2, 0) is 17.4 Å². The van der Waals surface area contributed by atoms with Gasteiger partial charge in [0.05, 0.1) is 22.4 Å². The molecule has 0 spiro atoms. The molecule has 0 aliphatic heterocycles. The molecule has 5 rings (SSSR count). The summed E-state index contributed by atoms with van der Waals surface area (Å²) in [5.74, 6) is -0.411. The van der Waals surface area contributed by atoms with Crippen LogP contribution in [0.2, 0.25) is 5.02 Å². The minimum atomic E-state index is -1.01. The number of nitrogen functional groups attached to an aromatic ring is 1. The highest BCUT2D eigenvalue weighted by atomic mass is 35.5. The van der Waals surface area contributed by atoms with Gasteiger partial charge in [0.15, 0.2) is 5.82 Å². The number of benzene rings is 2. The predicted molar refractivity (Wildman–Crippen MR) is 145 cm³/mol. The fourth-order valence-electron chi connectivity index (χ4n) is 3.66. The molecule has 2 atom stereocenters. The zero-order valence-corrected chi connectivity index (χ0v) is 21.6. The minimum Gasteiger partial charge on any atom is -0.396 e. The van der Waals surface area contributed by atoms with Gasteiger partial charge in [-0.15, -0.1) is 11.3 Å². The van der Waals surface area contributed by atoms with E-state index in [1.165, 1.54) is 6.07 Å². The van der Waals surface area contributed by atoms with Crippen molar-refractivity contribution in [1.29, 1.82) is 0 Å². The first kappa shape index (κ1) is 25.7. The van der Waals surface area contributed by atoms with E-state index in [1.807, 2.05) is 37.3 Å². The van der Waals surface area contributed by atoms with Gasteiger partial charge >= 0.3 is 0 Å². The van der Waals surface area contributed by atoms with Crippen LogP contribution >= 0.6 is 22.9 Å². The molecule has 2 heterocycles. The fourth-order valence-corrected chi connectivity index (χ4v) is 5.67. The van der Waals surface area contributed by atoms with E-state index >= 15 is 0 Å². The minimum absolute atomic E-state index is 0.0449. The zero-order valence-electron chi connectivity index (χ0n) is 19.2.